The van der Waals surface area contributed by atoms with E-state index >= 15 is 0 Å². The van der Waals surface area contributed by atoms with Gasteiger partial charge in [-0.15, -0.1) is 0 Å². The number of amides is 2. The Balaban J connectivity index is 2.09. The van der Waals surface area contributed by atoms with Crippen molar-refractivity contribution < 1.29 is 18.0 Å². The second-order valence-corrected chi connectivity index (χ2v) is 12.9. The summed E-state index contributed by atoms with van der Waals surface area (Å²) in [7, 11) is -4.23. The average Bonchev–Trinajstić information content (AvgIpc) is 2.93. The summed E-state index contributed by atoms with van der Waals surface area (Å²) in [5.74, 6) is -0.941. The Morgan fingerprint density at radius 1 is 0.902 bits per heavy atom. The molecule has 0 aliphatic heterocycles. The van der Waals surface area contributed by atoms with E-state index in [2.05, 4.69) is 5.32 Å². The Morgan fingerprint density at radius 2 is 1.56 bits per heavy atom. The number of hydrogen-bond donors (Lipinski definition) is 1. The van der Waals surface area contributed by atoms with E-state index in [-0.39, 0.29) is 40.5 Å². The molecule has 2 amide bonds. The van der Waals surface area contributed by atoms with Gasteiger partial charge in [0.05, 0.1) is 15.6 Å². The minimum absolute atomic E-state index is 0.00432. The van der Waals surface area contributed by atoms with Crippen molar-refractivity contribution in [3.05, 3.63) is 92.9 Å². The van der Waals surface area contributed by atoms with Crippen molar-refractivity contribution in [2.75, 3.05) is 10.8 Å². The molecule has 11 heteroatoms. The van der Waals surface area contributed by atoms with Gasteiger partial charge in [-0.25, -0.2) is 8.42 Å². The molecule has 3 aromatic rings. The molecule has 0 bridgehead atoms. The van der Waals surface area contributed by atoms with Crippen molar-refractivity contribution in [2.45, 2.75) is 64.1 Å². The maximum Gasteiger partial charge on any atom is 0.264 e. The van der Waals surface area contributed by atoms with Gasteiger partial charge in [0.25, 0.3) is 10.0 Å². The maximum absolute atomic E-state index is 14.1. The summed E-state index contributed by atoms with van der Waals surface area (Å²) in [6.45, 7) is 6.82. The van der Waals surface area contributed by atoms with Crippen molar-refractivity contribution in [1.82, 2.24) is 10.2 Å². The predicted molar refractivity (Wildman–Crippen MR) is 166 cm³/mol. The first-order valence-corrected chi connectivity index (χ1v) is 15.8. The van der Waals surface area contributed by atoms with Crippen molar-refractivity contribution in [1.29, 1.82) is 0 Å². The Kier molecular flexibility index (Phi) is 11.5. The van der Waals surface area contributed by atoms with E-state index in [0.29, 0.717) is 22.0 Å². The van der Waals surface area contributed by atoms with E-state index in [4.69, 9.17) is 34.8 Å². The summed E-state index contributed by atoms with van der Waals surface area (Å²) < 4.78 is 28.9. The van der Waals surface area contributed by atoms with Crippen LogP contribution in [0.15, 0.2) is 71.6 Å². The van der Waals surface area contributed by atoms with Crippen molar-refractivity contribution in [2.24, 2.45) is 0 Å². The van der Waals surface area contributed by atoms with Crippen LogP contribution in [0.5, 0.6) is 0 Å². The van der Waals surface area contributed by atoms with E-state index in [1.807, 2.05) is 20.8 Å². The first-order valence-electron chi connectivity index (χ1n) is 13.3. The number of nitrogens with one attached hydrogen (secondary N) is 1. The molecule has 0 aliphatic carbocycles. The van der Waals surface area contributed by atoms with E-state index < -0.39 is 28.5 Å². The lowest BCUT2D eigenvalue weighted by Gasteiger charge is -2.34. The average molecular weight is 639 g/mol. The van der Waals surface area contributed by atoms with Crippen LogP contribution in [-0.2, 0) is 26.2 Å². The first-order chi connectivity index (χ1) is 19.4. The van der Waals surface area contributed by atoms with E-state index in [1.54, 1.807) is 55.5 Å². The fraction of sp³-hybridized carbons (Fsp3) is 0.333. The summed E-state index contributed by atoms with van der Waals surface area (Å²) in [4.78, 5) is 28.9. The normalized spacial score (nSPS) is 12.9. The van der Waals surface area contributed by atoms with Crippen LogP contribution >= 0.6 is 34.8 Å². The highest BCUT2D eigenvalue weighted by molar-refractivity contribution is 7.92. The van der Waals surface area contributed by atoms with E-state index in [0.717, 1.165) is 9.87 Å². The standard InChI is InChI=1S/C30H34Cl3N3O4S/c1-5-21(4)34-30(38)27(6-2)35(18-22-13-14-23(31)17-26(22)33)29(37)19-36(28-10-8-7-9-25(28)32)41(39,40)24-15-11-20(3)12-16-24/h7-17,21,27H,5-6,18-19H2,1-4H3,(H,34,38)/t21-,27+/m0/s1. The van der Waals surface area contributed by atoms with Crippen LogP contribution in [0.2, 0.25) is 15.1 Å². The van der Waals surface area contributed by atoms with Crippen molar-refractivity contribution in [3.63, 3.8) is 0 Å². The van der Waals surface area contributed by atoms with Crippen LogP contribution in [0.1, 0.15) is 44.7 Å². The zero-order valence-electron chi connectivity index (χ0n) is 23.4. The predicted octanol–water partition coefficient (Wildman–Crippen LogP) is 6.87. The summed E-state index contributed by atoms with van der Waals surface area (Å²) in [5, 5.41) is 3.84. The number of aryl methyl sites for hydroxylation is 1. The van der Waals surface area contributed by atoms with Crippen LogP contribution in [0.25, 0.3) is 0 Å². The minimum Gasteiger partial charge on any atom is -0.352 e. The van der Waals surface area contributed by atoms with E-state index in [9.17, 15) is 18.0 Å². The van der Waals surface area contributed by atoms with Crippen LogP contribution in [0, 0.1) is 6.92 Å². The number of nitrogens with zero attached hydrogens (tertiary/aromatic N) is 2. The fourth-order valence-corrected chi connectivity index (χ4v) is 6.39. The molecule has 0 unspecified atom stereocenters. The molecule has 0 aliphatic rings. The second kappa shape index (κ2) is 14.4. The minimum atomic E-state index is -4.23. The van der Waals surface area contributed by atoms with Gasteiger partial charge in [0.1, 0.15) is 12.6 Å². The molecule has 0 saturated carbocycles. The molecule has 3 rings (SSSR count). The fourth-order valence-electron chi connectivity index (χ4n) is 4.20. The molecule has 41 heavy (non-hydrogen) atoms. The number of hydrogen-bond acceptors (Lipinski definition) is 4. The van der Waals surface area contributed by atoms with Crippen LogP contribution < -0.4 is 9.62 Å². The van der Waals surface area contributed by atoms with Gasteiger partial charge in [-0.05, 0) is 68.7 Å². The number of carbonyl (C=O) groups excluding carboxylic acids is 2. The van der Waals surface area contributed by atoms with Gasteiger partial charge in [-0.3, -0.25) is 13.9 Å². The van der Waals surface area contributed by atoms with Gasteiger partial charge in [0.15, 0.2) is 0 Å². The van der Waals surface area contributed by atoms with Crippen LogP contribution in [-0.4, -0.2) is 43.8 Å². The van der Waals surface area contributed by atoms with Gasteiger partial charge in [-0.1, -0.05) is 84.5 Å². The van der Waals surface area contributed by atoms with Crippen LogP contribution in [0.3, 0.4) is 0 Å². The van der Waals surface area contributed by atoms with Crippen LogP contribution in [0.4, 0.5) is 5.69 Å². The smallest absolute Gasteiger partial charge is 0.264 e. The molecule has 0 radical (unpaired) electrons. The number of sulfonamides is 1. The lowest BCUT2D eigenvalue weighted by atomic mass is 10.1. The molecule has 0 saturated heterocycles. The Morgan fingerprint density at radius 3 is 2.15 bits per heavy atom. The van der Waals surface area contributed by atoms with Crippen molar-refractivity contribution >= 4 is 62.3 Å². The molecule has 7 nitrogen and oxygen atoms in total. The maximum atomic E-state index is 14.1. The zero-order valence-corrected chi connectivity index (χ0v) is 26.5. The Hall–Kier alpha value is -2.78. The van der Waals surface area contributed by atoms with Gasteiger partial charge in [0.2, 0.25) is 11.8 Å². The second-order valence-electron chi connectivity index (χ2n) is 9.78. The molecule has 220 valence electrons. The summed E-state index contributed by atoms with van der Waals surface area (Å²) in [6, 6.07) is 16.6. The molecule has 0 heterocycles. The molecule has 2 atom stereocenters. The first kappa shape index (κ1) is 32.7. The number of para-hydroxylation sites is 1. The van der Waals surface area contributed by atoms with E-state index in [1.165, 1.54) is 23.1 Å². The lowest BCUT2D eigenvalue weighted by molar-refractivity contribution is -0.140. The number of halogens is 3. The van der Waals surface area contributed by atoms with Gasteiger partial charge < -0.3 is 10.2 Å². The quantitative estimate of drug-likeness (QED) is 0.235. The topological polar surface area (TPSA) is 86.8 Å². The largest absolute Gasteiger partial charge is 0.352 e. The van der Waals surface area contributed by atoms with Crippen molar-refractivity contribution in [3.8, 4) is 0 Å². The monoisotopic (exact) mass is 637 g/mol. The highest BCUT2D eigenvalue weighted by Crippen LogP contribution is 2.31. The third-order valence-corrected chi connectivity index (χ3v) is 9.43. The van der Waals surface area contributed by atoms with Gasteiger partial charge >= 0.3 is 0 Å². The van der Waals surface area contributed by atoms with Gasteiger partial charge in [0, 0.05) is 22.6 Å². The summed E-state index contributed by atoms with van der Waals surface area (Å²) in [5.41, 5.74) is 1.59. The number of carbonyl (C=O) groups is 2. The highest BCUT2D eigenvalue weighted by Gasteiger charge is 2.34. The third-order valence-electron chi connectivity index (χ3n) is 6.75. The molecule has 0 aromatic heterocycles. The Bertz CT molecular complexity index is 1480. The zero-order chi connectivity index (χ0) is 30.3. The number of benzene rings is 3. The highest BCUT2D eigenvalue weighted by atomic mass is 35.5. The lowest BCUT2D eigenvalue weighted by Crippen LogP contribution is -2.53. The summed E-state index contributed by atoms with van der Waals surface area (Å²) >= 11 is 19.0. The molecule has 3 aromatic carbocycles. The third kappa shape index (κ3) is 8.16. The molecular formula is C30H34Cl3N3O4S. The molecule has 1 N–H and O–H groups in total. The number of anilines is 1. The molecule has 0 fully saturated rings. The molecule has 0 spiro atoms. The summed E-state index contributed by atoms with van der Waals surface area (Å²) in [6.07, 6.45) is 0.990. The Labute approximate surface area is 257 Å². The molecular weight excluding hydrogens is 605 g/mol. The number of rotatable bonds is 12. The van der Waals surface area contributed by atoms with Gasteiger partial charge in [-0.2, -0.15) is 0 Å². The SMILES string of the molecule is CC[C@H](C(=O)N[C@@H](C)CC)N(Cc1ccc(Cl)cc1Cl)C(=O)CN(c1ccccc1Cl)S(=O)(=O)c1ccc(C)cc1.